The lowest BCUT2D eigenvalue weighted by molar-refractivity contribution is 0.0599. The lowest BCUT2D eigenvalue weighted by atomic mass is 10.1. The SMILES string of the molecule is COC(=O)c1c(C)[nH]c(C(=O)Nc2cc(-c3ccc(C)s3)[nH]n2)c1C. The molecule has 130 valence electrons. The summed E-state index contributed by atoms with van der Waals surface area (Å²) in [5, 5.41) is 9.77. The van der Waals surface area contributed by atoms with E-state index < -0.39 is 5.97 Å². The minimum atomic E-state index is -0.472. The van der Waals surface area contributed by atoms with Crippen molar-refractivity contribution < 1.29 is 14.3 Å². The summed E-state index contributed by atoms with van der Waals surface area (Å²) in [4.78, 5) is 29.5. The molecule has 0 atom stereocenters. The molecule has 8 heteroatoms. The fourth-order valence-corrected chi connectivity index (χ4v) is 3.49. The average Bonchev–Trinajstić information content (AvgIpc) is 3.26. The molecular weight excluding hydrogens is 340 g/mol. The topological polar surface area (TPSA) is 99.9 Å². The Morgan fingerprint density at radius 3 is 2.64 bits per heavy atom. The van der Waals surface area contributed by atoms with Gasteiger partial charge in [-0.3, -0.25) is 9.89 Å². The zero-order chi connectivity index (χ0) is 18.1. The first-order chi connectivity index (χ1) is 11.9. The van der Waals surface area contributed by atoms with E-state index in [9.17, 15) is 9.59 Å². The van der Waals surface area contributed by atoms with E-state index in [1.807, 2.05) is 19.1 Å². The molecule has 0 aliphatic carbocycles. The van der Waals surface area contributed by atoms with Gasteiger partial charge in [0.1, 0.15) is 5.69 Å². The fraction of sp³-hybridized carbons (Fsp3) is 0.235. The van der Waals surface area contributed by atoms with E-state index in [2.05, 4.69) is 20.5 Å². The Morgan fingerprint density at radius 2 is 2.00 bits per heavy atom. The molecule has 0 unspecified atom stereocenters. The number of aromatic amines is 2. The number of hydrogen-bond donors (Lipinski definition) is 3. The maximum Gasteiger partial charge on any atom is 0.339 e. The van der Waals surface area contributed by atoms with Crippen LogP contribution in [0.15, 0.2) is 18.2 Å². The highest BCUT2D eigenvalue weighted by atomic mass is 32.1. The number of aryl methyl sites for hydroxylation is 2. The molecule has 0 saturated carbocycles. The van der Waals surface area contributed by atoms with Crippen LogP contribution < -0.4 is 5.32 Å². The fourth-order valence-electron chi connectivity index (χ4n) is 2.66. The van der Waals surface area contributed by atoms with Crippen LogP contribution >= 0.6 is 11.3 Å². The Morgan fingerprint density at radius 1 is 1.24 bits per heavy atom. The minimum absolute atomic E-state index is 0.314. The van der Waals surface area contributed by atoms with Crippen molar-refractivity contribution >= 4 is 29.0 Å². The maximum atomic E-state index is 12.5. The van der Waals surface area contributed by atoms with Gasteiger partial charge in [0.2, 0.25) is 0 Å². The third kappa shape index (κ3) is 3.20. The molecule has 0 aromatic carbocycles. The third-order valence-corrected chi connectivity index (χ3v) is 4.91. The molecule has 3 aromatic heterocycles. The van der Waals surface area contributed by atoms with Gasteiger partial charge in [0.15, 0.2) is 5.82 Å². The zero-order valence-electron chi connectivity index (χ0n) is 14.3. The summed E-state index contributed by atoms with van der Waals surface area (Å²) in [7, 11) is 1.31. The molecule has 0 spiro atoms. The van der Waals surface area contributed by atoms with Crippen LogP contribution in [-0.4, -0.2) is 34.2 Å². The number of ether oxygens (including phenoxy) is 1. The Labute approximate surface area is 148 Å². The van der Waals surface area contributed by atoms with Gasteiger partial charge in [-0.25, -0.2) is 4.79 Å². The van der Waals surface area contributed by atoms with E-state index in [4.69, 9.17) is 4.74 Å². The van der Waals surface area contributed by atoms with Crippen molar-refractivity contribution in [1.82, 2.24) is 15.2 Å². The predicted octanol–water partition coefficient (Wildman–Crippen LogP) is 3.43. The summed E-state index contributed by atoms with van der Waals surface area (Å²) >= 11 is 1.64. The second-order valence-corrected chi connectivity index (χ2v) is 6.94. The van der Waals surface area contributed by atoms with Gasteiger partial charge in [-0.15, -0.1) is 11.3 Å². The number of rotatable bonds is 4. The van der Waals surface area contributed by atoms with Crippen LogP contribution in [0.5, 0.6) is 0 Å². The monoisotopic (exact) mass is 358 g/mol. The number of H-pyrrole nitrogens is 2. The standard InChI is InChI=1S/C17H18N4O3S/c1-8-5-6-12(25-8)11-7-13(21-20-11)19-16(22)15-9(2)14(10(3)18-15)17(23)24-4/h5-7,18H,1-4H3,(H2,19,20,21,22). The summed E-state index contributed by atoms with van der Waals surface area (Å²) in [6.07, 6.45) is 0. The molecule has 0 radical (unpaired) electrons. The summed E-state index contributed by atoms with van der Waals surface area (Å²) in [6.45, 7) is 5.46. The van der Waals surface area contributed by atoms with Crippen molar-refractivity contribution in [1.29, 1.82) is 0 Å². The number of anilines is 1. The van der Waals surface area contributed by atoms with Crippen LogP contribution in [0.2, 0.25) is 0 Å². The van der Waals surface area contributed by atoms with Crippen molar-refractivity contribution in [2.24, 2.45) is 0 Å². The quantitative estimate of drug-likeness (QED) is 0.622. The molecule has 0 fully saturated rings. The van der Waals surface area contributed by atoms with Crippen LogP contribution in [-0.2, 0) is 4.74 Å². The van der Waals surface area contributed by atoms with E-state index in [1.54, 1.807) is 31.3 Å². The second kappa shape index (κ2) is 6.56. The van der Waals surface area contributed by atoms with Gasteiger partial charge < -0.3 is 15.0 Å². The number of aromatic nitrogens is 3. The van der Waals surface area contributed by atoms with Crippen molar-refractivity contribution in [3.8, 4) is 10.6 Å². The summed E-state index contributed by atoms with van der Waals surface area (Å²) < 4.78 is 4.76. The molecular formula is C17H18N4O3S. The van der Waals surface area contributed by atoms with Gasteiger partial charge in [-0.2, -0.15) is 5.10 Å². The van der Waals surface area contributed by atoms with E-state index in [1.165, 1.54) is 12.0 Å². The van der Waals surface area contributed by atoms with E-state index in [0.717, 1.165) is 10.6 Å². The van der Waals surface area contributed by atoms with Crippen LogP contribution in [0.3, 0.4) is 0 Å². The van der Waals surface area contributed by atoms with Crippen molar-refractivity contribution in [3.05, 3.63) is 45.6 Å². The largest absolute Gasteiger partial charge is 0.465 e. The maximum absolute atomic E-state index is 12.5. The Hall–Kier alpha value is -2.87. The number of amides is 1. The summed E-state index contributed by atoms with van der Waals surface area (Å²) in [6, 6.07) is 5.80. The number of esters is 1. The minimum Gasteiger partial charge on any atom is -0.465 e. The molecule has 3 aromatic rings. The molecule has 0 aliphatic rings. The molecule has 7 nitrogen and oxygen atoms in total. The van der Waals surface area contributed by atoms with Gasteiger partial charge in [-0.1, -0.05) is 0 Å². The van der Waals surface area contributed by atoms with Crippen LogP contribution in [0, 0.1) is 20.8 Å². The third-order valence-electron chi connectivity index (χ3n) is 3.88. The normalized spacial score (nSPS) is 10.7. The molecule has 3 rings (SSSR count). The number of thiophene rings is 1. The molecule has 0 aliphatic heterocycles. The van der Waals surface area contributed by atoms with Gasteiger partial charge in [0, 0.05) is 16.6 Å². The van der Waals surface area contributed by atoms with Crippen molar-refractivity contribution in [2.45, 2.75) is 20.8 Å². The Balaban J connectivity index is 1.82. The highest BCUT2D eigenvalue weighted by molar-refractivity contribution is 7.15. The Bertz CT molecular complexity index is 951. The number of nitrogens with zero attached hydrogens (tertiary/aromatic N) is 1. The molecule has 0 bridgehead atoms. The second-order valence-electron chi connectivity index (χ2n) is 5.65. The van der Waals surface area contributed by atoms with E-state index in [-0.39, 0.29) is 5.91 Å². The lowest BCUT2D eigenvalue weighted by Crippen LogP contribution is -2.14. The van der Waals surface area contributed by atoms with E-state index in [0.29, 0.717) is 28.3 Å². The van der Waals surface area contributed by atoms with E-state index >= 15 is 0 Å². The van der Waals surface area contributed by atoms with Gasteiger partial charge in [0.25, 0.3) is 5.91 Å². The number of carbonyl (C=O) groups excluding carboxylic acids is 2. The number of carbonyl (C=O) groups is 2. The number of hydrogen-bond acceptors (Lipinski definition) is 5. The molecule has 3 heterocycles. The van der Waals surface area contributed by atoms with Crippen molar-refractivity contribution in [2.75, 3.05) is 12.4 Å². The first-order valence-electron chi connectivity index (χ1n) is 7.61. The van der Waals surface area contributed by atoms with Gasteiger partial charge in [-0.05, 0) is 38.5 Å². The number of methoxy groups -OCH3 is 1. The Kier molecular flexibility index (Phi) is 4.45. The van der Waals surface area contributed by atoms with Crippen LogP contribution in [0.1, 0.15) is 37.0 Å². The van der Waals surface area contributed by atoms with Crippen molar-refractivity contribution in [3.63, 3.8) is 0 Å². The summed E-state index contributed by atoms with van der Waals surface area (Å²) in [5.41, 5.74) is 2.67. The average molecular weight is 358 g/mol. The van der Waals surface area contributed by atoms with Crippen LogP contribution in [0.25, 0.3) is 10.6 Å². The van der Waals surface area contributed by atoms with Gasteiger partial charge in [0.05, 0.1) is 23.2 Å². The molecule has 3 N–H and O–H groups in total. The zero-order valence-corrected chi connectivity index (χ0v) is 15.1. The number of nitrogens with one attached hydrogen (secondary N) is 3. The lowest BCUT2D eigenvalue weighted by Gasteiger charge is -2.02. The summed E-state index contributed by atoms with van der Waals surface area (Å²) in [5.74, 6) is -0.422. The highest BCUT2D eigenvalue weighted by Gasteiger charge is 2.23. The van der Waals surface area contributed by atoms with Crippen LogP contribution in [0.4, 0.5) is 5.82 Å². The smallest absolute Gasteiger partial charge is 0.339 e. The highest BCUT2D eigenvalue weighted by Crippen LogP contribution is 2.27. The first kappa shape index (κ1) is 17.0. The molecule has 25 heavy (non-hydrogen) atoms. The first-order valence-corrected chi connectivity index (χ1v) is 8.43. The molecule has 0 saturated heterocycles. The molecule has 1 amide bonds. The predicted molar refractivity (Wildman–Crippen MR) is 96.2 cm³/mol. The van der Waals surface area contributed by atoms with Gasteiger partial charge >= 0.3 is 5.97 Å².